The second-order valence-electron chi connectivity index (χ2n) is 5.58. The van der Waals surface area contributed by atoms with E-state index in [-0.39, 0.29) is 24.1 Å². The Bertz CT molecular complexity index is 546. The van der Waals surface area contributed by atoms with Crippen LogP contribution in [-0.2, 0) is 9.59 Å². The van der Waals surface area contributed by atoms with Crippen molar-refractivity contribution in [3.63, 3.8) is 0 Å². The van der Waals surface area contributed by atoms with Gasteiger partial charge in [-0.15, -0.1) is 0 Å². The van der Waals surface area contributed by atoms with Crippen LogP contribution in [0.3, 0.4) is 0 Å². The molecule has 1 amide bonds. The summed E-state index contributed by atoms with van der Waals surface area (Å²) in [5, 5.41) is 8.77. The van der Waals surface area contributed by atoms with Crippen molar-refractivity contribution in [3.8, 4) is 0 Å². The fourth-order valence-corrected chi connectivity index (χ4v) is 2.63. The predicted octanol–water partition coefficient (Wildman–Crippen LogP) is 2.94. The zero-order valence-electron chi connectivity index (χ0n) is 12.4. The summed E-state index contributed by atoms with van der Waals surface area (Å²) in [6, 6.07) is 6.09. The molecular formula is C17H20FNO3. The van der Waals surface area contributed by atoms with E-state index in [0.717, 1.165) is 18.4 Å². The molecule has 1 heterocycles. The number of aliphatic carboxylic acids is 1. The van der Waals surface area contributed by atoms with E-state index >= 15 is 0 Å². The smallest absolute Gasteiger partial charge is 0.303 e. The third-order valence-corrected chi connectivity index (χ3v) is 3.90. The number of likely N-dealkylation sites (tertiary alicyclic amines) is 1. The summed E-state index contributed by atoms with van der Waals surface area (Å²) in [7, 11) is 0. The van der Waals surface area contributed by atoms with Crippen molar-refractivity contribution in [1.82, 2.24) is 4.90 Å². The van der Waals surface area contributed by atoms with Gasteiger partial charge in [-0.1, -0.05) is 24.3 Å². The third kappa shape index (κ3) is 4.98. The first-order valence-corrected chi connectivity index (χ1v) is 7.46. The molecule has 0 unspecified atom stereocenters. The SMILES string of the molecule is O=C(O)CC1CCN(C(=O)C/C=C/c2ccc(F)cc2)CC1. The van der Waals surface area contributed by atoms with Crippen LogP contribution in [0.15, 0.2) is 30.3 Å². The Kier molecular flexibility index (Phi) is 5.69. The van der Waals surface area contributed by atoms with Crippen LogP contribution in [-0.4, -0.2) is 35.0 Å². The van der Waals surface area contributed by atoms with E-state index in [1.807, 2.05) is 0 Å². The Morgan fingerprint density at radius 2 is 1.86 bits per heavy atom. The minimum Gasteiger partial charge on any atom is -0.481 e. The number of nitrogens with zero attached hydrogens (tertiary/aromatic N) is 1. The number of benzene rings is 1. The lowest BCUT2D eigenvalue weighted by Gasteiger charge is -2.31. The van der Waals surface area contributed by atoms with E-state index in [4.69, 9.17) is 5.11 Å². The molecule has 0 bridgehead atoms. The molecule has 0 atom stereocenters. The zero-order chi connectivity index (χ0) is 15.9. The van der Waals surface area contributed by atoms with E-state index < -0.39 is 5.97 Å². The maximum Gasteiger partial charge on any atom is 0.303 e. The minimum atomic E-state index is -0.771. The number of hydrogen-bond acceptors (Lipinski definition) is 2. The fraction of sp³-hybridized carbons (Fsp3) is 0.412. The first kappa shape index (κ1) is 16.2. The quantitative estimate of drug-likeness (QED) is 0.910. The van der Waals surface area contributed by atoms with Crippen LogP contribution in [0.25, 0.3) is 6.08 Å². The van der Waals surface area contributed by atoms with Gasteiger partial charge in [0.05, 0.1) is 0 Å². The standard InChI is InChI=1S/C17H20FNO3/c18-15-6-4-13(5-7-15)2-1-3-16(20)19-10-8-14(9-11-19)12-17(21)22/h1-2,4-7,14H,3,8-12H2,(H,21,22)/b2-1+. The van der Waals surface area contributed by atoms with Gasteiger partial charge in [-0.3, -0.25) is 9.59 Å². The maximum atomic E-state index is 12.8. The molecular weight excluding hydrogens is 285 g/mol. The van der Waals surface area contributed by atoms with E-state index in [1.54, 1.807) is 29.2 Å². The van der Waals surface area contributed by atoms with Crippen LogP contribution in [0.4, 0.5) is 4.39 Å². The highest BCUT2D eigenvalue weighted by molar-refractivity contribution is 5.78. The lowest BCUT2D eigenvalue weighted by molar-refractivity contribution is -0.138. The molecule has 1 fully saturated rings. The van der Waals surface area contributed by atoms with Crippen LogP contribution in [0.1, 0.15) is 31.2 Å². The van der Waals surface area contributed by atoms with Gasteiger partial charge < -0.3 is 10.0 Å². The summed E-state index contributed by atoms with van der Waals surface area (Å²) in [5.74, 6) is -0.826. The van der Waals surface area contributed by atoms with Crippen molar-refractivity contribution in [2.45, 2.75) is 25.7 Å². The van der Waals surface area contributed by atoms with Gasteiger partial charge in [0.25, 0.3) is 0 Å². The summed E-state index contributed by atoms with van der Waals surface area (Å²) in [6.45, 7) is 1.25. The summed E-state index contributed by atoms with van der Waals surface area (Å²) < 4.78 is 12.8. The number of hydrogen-bond donors (Lipinski definition) is 1. The zero-order valence-corrected chi connectivity index (χ0v) is 12.4. The van der Waals surface area contributed by atoms with Gasteiger partial charge in [-0.05, 0) is 36.5 Å². The fourth-order valence-electron chi connectivity index (χ4n) is 2.63. The molecule has 1 N–H and O–H groups in total. The Balaban J connectivity index is 1.76. The van der Waals surface area contributed by atoms with Crippen molar-refractivity contribution in [2.75, 3.05) is 13.1 Å². The highest BCUT2D eigenvalue weighted by Crippen LogP contribution is 2.21. The van der Waals surface area contributed by atoms with Crippen molar-refractivity contribution in [1.29, 1.82) is 0 Å². The second-order valence-corrected chi connectivity index (χ2v) is 5.58. The number of carbonyl (C=O) groups excluding carboxylic acids is 1. The second kappa shape index (κ2) is 7.73. The van der Waals surface area contributed by atoms with E-state index in [0.29, 0.717) is 19.5 Å². The van der Waals surface area contributed by atoms with Crippen LogP contribution in [0, 0.1) is 11.7 Å². The van der Waals surface area contributed by atoms with Gasteiger partial charge in [0.2, 0.25) is 5.91 Å². The number of carboxylic acid groups (broad SMARTS) is 1. The Labute approximate surface area is 129 Å². The molecule has 0 aromatic heterocycles. The molecule has 2 rings (SSSR count). The Morgan fingerprint density at radius 3 is 2.45 bits per heavy atom. The largest absolute Gasteiger partial charge is 0.481 e. The van der Waals surface area contributed by atoms with Crippen LogP contribution >= 0.6 is 0 Å². The van der Waals surface area contributed by atoms with Crippen LogP contribution in [0.5, 0.6) is 0 Å². The van der Waals surface area contributed by atoms with Gasteiger partial charge >= 0.3 is 5.97 Å². The number of amides is 1. The minimum absolute atomic E-state index is 0.0483. The molecule has 1 aromatic rings. The maximum absolute atomic E-state index is 12.8. The van der Waals surface area contributed by atoms with E-state index in [2.05, 4.69) is 0 Å². The molecule has 1 aliphatic rings. The lowest BCUT2D eigenvalue weighted by Crippen LogP contribution is -2.38. The summed E-state index contributed by atoms with van der Waals surface area (Å²) in [5.41, 5.74) is 0.856. The summed E-state index contributed by atoms with van der Waals surface area (Å²) >= 11 is 0. The van der Waals surface area contributed by atoms with Crippen molar-refractivity contribution >= 4 is 18.0 Å². The molecule has 1 saturated heterocycles. The molecule has 1 aliphatic heterocycles. The summed E-state index contributed by atoms with van der Waals surface area (Å²) in [4.78, 5) is 24.5. The van der Waals surface area contributed by atoms with Gasteiger partial charge in [-0.25, -0.2) is 4.39 Å². The molecule has 0 radical (unpaired) electrons. The van der Waals surface area contributed by atoms with Crippen molar-refractivity contribution in [2.24, 2.45) is 5.92 Å². The Morgan fingerprint density at radius 1 is 1.23 bits per heavy atom. The van der Waals surface area contributed by atoms with Crippen LogP contribution < -0.4 is 0 Å². The normalized spacial score (nSPS) is 16.1. The number of halogens is 1. The number of piperidine rings is 1. The molecule has 0 spiro atoms. The van der Waals surface area contributed by atoms with Gasteiger partial charge in [0.1, 0.15) is 5.82 Å². The average Bonchev–Trinajstić information content (AvgIpc) is 2.49. The first-order chi connectivity index (χ1) is 10.5. The first-order valence-electron chi connectivity index (χ1n) is 7.46. The lowest BCUT2D eigenvalue weighted by atomic mass is 9.93. The van der Waals surface area contributed by atoms with Crippen molar-refractivity contribution in [3.05, 3.63) is 41.7 Å². The highest BCUT2D eigenvalue weighted by Gasteiger charge is 2.23. The van der Waals surface area contributed by atoms with Gasteiger partial charge in [0, 0.05) is 25.9 Å². The predicted molar refractivity (Wildman–Crippen MR) is 81.6 cm³/mol. The van der Waals surface area contributed by atoms with Gasteiger partial charge in [-0.2, -0.15) is 0 Å². The average molecular weight is 305 g/mol. The van der Waals surface area contributed by atoms with Crippen LogP contribution in [0.2, 0.25) is 0 Å². The number of rotatable bonds is 5. The molecule has 22 heavy (non-hydrogen) atoms. The molecule has 0 saturated carbocycles. The topological polar surface area (TPSA) is 57.6 Å². The molecule has 118 valence electrons. The van der Waals surface area contributed by atoms with E-state index in [1.165, 1.54) is 12.1 Å². The summed E-state index contributed by atoms with van der Waals surface area (Å²) in [6.07, 6.45) is 5.57. The van der Waals surface area contributed by atoms with Gasteiger partial charge in [0.15, 0.2) is 0 Å². The Hall–Kier alpha value is -2.17. The third-order valence-electron chi connectivity index (χ3n) is 3.90. The highest BCUT2D eigenvalue weighted by atomic mass is 19.1. The van der Waals surface area contributed by atoms with E-state index in [9.17, 15) is 14.0 Å². The monoisotopic (exact) mass is 305 g/mol. The van der Waals surface area contributed by atoms with Crippen molar-refractivity contribution < 1.29 is 19.1 Å². The number of carboxylic acids is 1. The molecule has 0 aliphatic carbocycles. The molecule has 5 heteroatoms. The molecule has 4 nitrogen and oxygen atoms in total. The number of carbonyl (C=O) groups is 2. The molecule has 1 aromatic carbocycles.